The highest BCUT2D eigenvalue weighted by Gasteiger charge is 2.47. The summed E-state index contributed by atoms with van der Waals surface area (Å²) in [6, 6.07) is 3.84. The molecule has 0 unspecified atom stereocenters. The smallest absolute Gasteiger partial charge is 0.368 e. The molecule has 12 heteroatoms. The number of rotatable bonds is 5. The van der Waals surface area contributed by atoms with Crippen molar-refractivity contribution in [3.05, 3.63) is 35.8 Å². The molecule has 2 aliphatic heterocycles. The second-order valence-corrected chi connectivity index (χ2v) is 11.8. The van der Waals surface area contributed by atoms with Crippen LogP contribution in [0.3, 0.4) is 0 Å². The zero-order chi connectivity index (χ0) is 28.8. The van der Waals surface area contributed by atoms with Crippen LogP contribution < -0.4 is 15.5 Å². The highest BCUT2D eigenvalue weighted by Crippen LogP contribution is 2.41. The maximum absolute atomic E-state index is 14.7. The second-order valence-electron chi connectivity index (χ2n) is 11.8. The number of amides is 1. The van der Waals surface area contributed by atoms with Crippen LogP contribution in [0.15, 0.2) is 24.4 Å². The Hall–Kier alpha value is -3.15. The summed E-state index contributed by atoms with van der Waals surface area (Å²) in [5, 5.41) is 5.95. The number of aromatic nitrogens is 2. The number of carbonyl (C=O) groups is 1. The van der Waals surface area contributed by atoms with Gasteiger partial charge in [-0.2, -0.15) is 18.2 Å². The van der Waals surface area contributed by atoms with Crippen LogP contribution in [0.2, 0.25) is 0 Å². The Kier molecular flexibility index (Phi) is 7.72. The molecule has 2 saturated heterocycles. The highest BCUT2D eigenvalue weighted by molar-refractivity contribution is 5.75. The molecule has 0 radical (unpaired) electrons. The maximum Gasteiger partial charge on any atom is 0.418 e. The second kappa shape index (κ2) is 10.4. The number of likely N-dealkylation sites (N-methyl/N-ethyl adjacent to an activating group) is 1. The van der Waals surface area contributed by atoms with Gasteiger partial charge in [-0.1, -0.05) is 0 Å². The van der Waals surface area contributed by atoms with E-state index < -0.39 is 28.6 Å². The van der Waals surface area contributed by atoms with Crippen LogP contribution in [0.25, 0.3) is 0 Å². The Morgan fingerprint density at radius 1 is 1.05 bits per heavy atom. The number of piperazine rings is 1. The third kappa shape index (κ3) is 6.37. The van der Waals surface area contributed by atoms with Crippen molar-refractivity contribution in [3.63, 3.8) is 0 Å². The fraction of sp³-hybridized carbons (Fsp3) is 0.593. The predicted molar refractivity (Wildman–Crippen MR) is 144 cm³/mol. The van der Waals surface area contributed by atoms with Crippen LogP contribution in [0.5, 0.6) is 0 Å². The zero-order valence-electron chi connectivity index (χ0n) is 23.3. The summed E-state index contributed by atoms with van der Waals surface area (Å²) in [7, 11) is 1.94. The normalized spacial score (nSPS) is 20.2. The van der Waals surface area contributed by atoms with E-state index in [1.165, 1.54) is 6.07 Å². The van der Waals surface area contributed by atoms with E-state index in [9.17, 15) is 22.4 Å². The molecule has 0 atom stereocenters. The fourth-order valence-electron chi connectivity index (χ4n) is 6.25. The van der Waals surface area contributed by atoms with Crippen molar-refractivity contribution in [1.29, 1.82) is 0 Å². The Morgan fingerprint density at radius 2 is 1.67 bits per heavy atom. The van der Waals surface area contributed by atoms with Gasteiger partial charge in [0.15, 0.2) is 11.6 Å². The van der Waals surface area contributed by atoms with Crippen molar-refractivity contribution in [2.75, 3.05) is 48.8 Å². The Morgan fingerprint density at radius 3 is 2.23 bits per heavy atom. The van der Waals surface area contributed by atoms with E-state index in [2.05, 4.69) is 25.5 Å². The Labute approximate surface area is 226 Å². The van der Waals surface area contributed by atoms with Gasteiger partial charge in [0.25, 0.3) is 0 Å². The van der Waals surface area contributed by atoms with Crippen molar-refractivity contribution in [2.45, 2.75) is 70.8 Å². The molecule has 214 valence electrons. The van der Waals surface area contributed by atoms with E-state index in [-0.39, 0.29) is 35.1 Å². The van der Waals surface area contributed by atoms with Crippen LogP contribution in [0.1, 0.15) is 53.0 Å². The van der Waals surface area contributed by atoms with E-state index in [0.29, 0.717) is 39.0 Å². The monoisotopic (exact) mass is 551 g/mol. The summed E-state index contributed by atoms with van der Waals surface area (Å²) in [6.45, 7) is 11.8. The minimum Gasteiger partial charge on any atom is -0.368 e. The number of likely N-dealkylation sites (tertiary alicyclic amines) is 1. The maximum atomic E-state index is 14.7. The number of nitrogens with one attached hydrogen (secondary N) is 2. The lowest BCUT2D eigenvalue weighted by Crippen LogP contribution is -2.64. The summed E-state index contributed by atoms with van der Waals surface area (Å²) in [4.78, 5) is 26.2. The molecule has 8 nitrogen and oxygen atoms in total. The summed E-state index contributed by atoms with van der Waals surface area (Å²) in [5.41, 5.74) is -1.43. The number of nitrogens with zero attached hydrogens (tertiary/aromatic N) is 5. The predicted octanol–water partition coefficient (Wildman–Crippen LogP) is 5.11. The first-order valence-electron chi connectivity index (χ1n) is 13.1. The molecule has 0 saturated carbocycles. The summed E-state index contributed by atoms with van der Waals surface area (Å²) < 4.78 is 56.7. The van der Waals surface area contributed by atoms with Crippen LogP contribution in [0, 0.1) is 5.82 Å². The summed E-state index contributed by atoms with van der Waals surface area (Å²) in [5.74, 6) is -0.781. The van der Waals surface area contributed by atoms with Crippen LogP contribution in [0.4, 0.5) is 40.7 Å². The molecule has 0 spiro atoms. The van der Waals surface area contributed by atoms with Gasteiger partial charge in [-0.3, -0.25) is 4.79 Å². The van der Waals surface area contributed by atoms with E-state index in [1.54, 1.807) is 17.9 Å². The first-order chi connectivity index (χ1) is 18.1. The van der Waals surface area contributed by atoms with Crippen molar-refractivity contribution in [3.8, 4) is 0 Å². The number of piperidine rings is 1. The number of anilines is 4. The van der Waals surface area contributed by atoms with E-state index in [1.807, 2.05) is 39.6 Å². The lowest BCUT2D eigenvalue weighted by atomic mass is 9.77. The SMILES string of the molecule is CC(=O)N1C(C)(C)CC(Nc2nc(Nc3ccc(N4CCN(C)CC4)c(C(F)(F)F)c3)ncc2F)CC1(C)C. The number of carbonyl (C=O) groups excluding carboxylic acids is 1. The van der Waals surface area contributed by atoms with Crippen molar-refractivity contribution in [2.24, 2.45) is 0 Å². The molecule has 1 amide bonds. The third-order valence-corrected chi connectivity index (χ3v) is 7.50. The van der Waals surface area contributed by atoms with Crippen LogP contribution >= 0.6 is 0 Å². The molecule has 2 aliphatic rings. The summed E-state index contributed by atoms with van der Waals surface area (Å²) in [6.07, 6.45) is -2.45. The molecule has 3 heterocycles. The molecule has 4 rings (SSSR count). The lowest BCUT2D eigenvalue weighted by Gasteiger charge is -2.55. The molecular formula is C27H37F4N7O. The summed E-state index contributed by atoms with van der Waals surface area (Å²) >= 11 is 0. The standard InChI is InChI=1S/C27H37F4N7O/c1-17(39)38-25(2,3)14-19(15-26(38,4)5)33-23-21(28)16-32-24(35-23)34-18-7-8-22(20(13-18)27(29,30)31)37-11-9-36(6)10-12-37/h7-8,13,16,19H,9-12,14-15H2,1-6H3,(H2,32,33,34,35). The minimum atomic E-state index is -4.55. The molecule has 1 aromatic carbocycles. The average molecular weight is 552 g/mol. The van der Waals surface area contributed by atoms with Crippen molar-refractivity contribution >= 4 is 29.0 Å². The van der Waals surface area contributed by atoms with E-state index in [0.717, 1.165) is 12.3 Å². The lowest BCUT2D eigenvalue weighted by molar-refractivity contribution is -0.146. The van der Waals surface area contributed by atoms with Gasteiger partial charge < -0.3 is 25.3 Å². The molecular weight excluding hydrogens is 514 g/mol. The van der Waals surface area contributed by atoms with Gasteiger partial charge in [-0.15, -0.1) is 0 Å². The van der Waals surface area contributed by atoms with Gasteiger partial charge in [0.2, 0.25) is 11.9 Å². The van der Waals surface area contributed by atoms with Gasteiger partial charge in [0.05, 0.1) is 11.8 Å². The fourth-order valence-corrected chi connectivity index (χ4v) is 6.25. The van der Waals surface area contributed by atoms with Crippen molar-refractivity contribution < 1.29 is 22.4 Å². The number of hydrogen-bond donors (Lipinski definition) is 2. The first-order valence-corrected chi connectivity index (χ1v) is 13.1. The zero-order valence-corrected chi connectivity index (χ0v) is 23.3. The highest BCUT2D eigenvalue weighted by atomic mass is 19.4. The number of alkyl halides is 3. The molecule has 2 aromatic rings. The van der Waals surface area contributed by atoms with Crippen molar-refractivity contribution in [1.82, 2.24) is 19.8 Å². The van der Waals surface area contributed by atoms with Crippen LogP contribution in [-0.4, -0.2) is 76.0 Å². The molecule has 2 fully saturated rings. The third-order valence-electron chi connectivity index (χ3n) is 7.50. The van der Waals surface area contributed by atoms with Crippen LogP contribution in [-0.2, 0) is 11.0 Å². The largest absolute Gasteiger partial charge is 0.418 e. The molecule has 39 heavy (non-hydrogen) atoms. The molecule has 0 bridgehead atoms. The van der Waals surface area contributed by atoms with Gasteiger partial charge in [-0.05, 0) is 65.8 Å². The van der Waals surface area contributed by atoms with E-state index in [4.69, 9.17) is 0 Å². The molecule has 2 N–H and O–H groups in total. The first kappa shape index (κ1) is 28.8. The van der Waals surface area contributed by atoms with Gasteiger partial charge >= 0.3 is 6.18 Å². The average Bonchev–Trinajstić information content (AvgIpc) is 2.79. The van der Waals surface area contributed by atoms with E-state index >= 15 is 0 Å². The topological polar surface area (TPSA) is 76.6 Å². The van der Waals surface area contributed by atoms with Gasteiger partial charge in [0, 0.05) is 61.6 Å². The number of hydrogen-bond acceptors (Lipinski definition) is 7. The quantitative estimate of drug-likeness (QED) is 0.500. The Balaban J connectivity index is 1.55. The van der Waals surface area contributed by atoms with Gasteiger partial charge in [0.1, 0.15) is 0 Å². The number of benzene rings is 1. The Bertz CT molecular complexity index is 1190. The minimum absolute atomic E-state index is 0.0278. The van der Waals surface area contributed by atoms with Gasteiger partial charge in [-0.25, -0.2) is 9.37 Å². The number of halogens is 4. The molecule has 0 aliphatic carbocycles. The molecule has 1 aromatic heterocycles.